The lowest BCUT2D eigenvalue weighted by Gasteiger charge is -2.16. The highest BCUT2D eigenvalue weighted by molar-refractivity contribution is 5.66. The summed E-state index contributed by atoms with van der Waals surface area (Å²) in [7, 11) is 0. The molecule has 0 heterocycles. The Morgan fingerprint density at radius 1 is 0.720 bits per heavy atom. The Hall–Kier alpha value is -0.610. The fourth-order valence-electron chi connectivity index (χ4n) is 2.77. The van der Waals surface area contributed by atoms with Gasteiger partial charge < -0.3 is 15.1 Å². The first-order valence-corrected chi connectivity index (χ1v) is 10.7. The molecule has 0 aromatic rings. The fourth-order valence-corrected chi connectivity index (χ4v) is 2.77. The number of rotatable bonds is 17. The van der Waals surface area contributed by atoms with E-state index in [1.54, 1.807) is 0 Å². The van der Waals surface area contributed by atoms with Gasteiger partial charge in [0.05, 0.1) is 0 Å². The molecule has 0 amide bonds. The highest BCUT2D eigenvalue weighted by atomic mass is 16.4. The molecule has 0 aromatic carbocycles. The summed E-state index contributed by atoms with van der Waals surface area (Å²) in [6.07, 6.45) is 15.3. The van der Waals surface area contributed by atoms with Crippen LogP contribution in [0.4, 0.5) is 0 Å². The quantitative estimate of drug-likeness (QED) is 0.337. The maximum Gasteiger partial charge on any atom is 0.303 e. The van der Waals surface area contributed by atoms with Crippen molar-refractivity contribution in [1.29, 1.82) is 0 Å². The van der Waals surface area contributed by atoms with Gasteiger partial charge in [-0.15, -0.1) is 0 Å². The highest BCUT2D eigenvalue weighted by Crippen LogP contribution is 2.11. The topological polar surface area (TPSA) is 60.8 Å². The molecule has 0 saturated carbocycles. The van der Waals surface area contributed by atoms with Crippen LogP contribution in [0, 0.1) is 0 Å². The lowest BCUT2D eigenvalue weighted by Crippen LogP contribution is -2.24. The molecule has 0 spiro atoms. The van der Waals surface area contributed by atoms with Crippen molar-refractivity contribution in [2.45, 2.75) is 104 Å². The molecule has 0 fully saturated rings. The van der Waals surface area contributed by atoms with Crippen LogP contribution in [-0.4, -0.2) is 47.3 Å². The lowest BCUT2D eigenvalue weighted by atomic mass is 10.1. The number of nitrogens with zero attached hydrogens (tertiary/aromatic N) is 1. The van der Waals surface area contributed by atoms with Gasteiger partial charge in [0.25, 0.3) is 0 Å². The molecule has 0 unspecified atom stereocenters. The number of hydrogen-bond acceptors (Lipinski definition) is 3. The molecular weight excluding hydrogens is 314 g/mol. The van der Waals surface area contributed by atoms with Crippen LogP contribution < -0.4 is 0 Å². The second-order valence-corrected chi connectivity index (χ2v) is 6.78. The Bertz CT molecular complexity index is 256. The van der Waals surface area contributed by atoms with E-state index >= 15 is 0 Å². The van der Waals surface area contributed by atoms with Gasteiger partial charge in [-0.3, -0.25) is 4.79 Å². The van der Waals surface area contributed by atoms with Crippen molar-refractivity contribution >= 4 is 5.97 Å². The normalized spacial score (nSPS) is 10.6. The van der Waals surface area contributed by atoms with E-state index < -0.39 is 5.97 Å². The van der Waals surface area contributed by atoms with Crippen LogP contribution in [-0.2, 0) is 4.79 Å². The lowest BCUT2D eigenvalue weighted by molar-refractivity contribution is -0.137. The zero-order valence-electron chi connectivity index (χ0n) is 17.3. The van der Waals surface area contributed by atoms with E-state index in [4.69, 9.17) is 10.2 Å². The zero-order chi connectivity index (χ0) is 19.2. The first-order chi connectivity index (χ1) is 12.1. The Balaban J connectivity index is 0. The summed E-state index contributed by atoms with van der Waals surface area (Å²) in [4.78, 5) is 12.6. The second kappa shape index (κ2) is 23.4. The molecule has 0 aliphatic heterocycles. The van der Waals surface area contributed by atoms with Gasteiger partial charge in [-0.05, 0) is 25.9 Å². The monoisotopic (exact) mass is 359 g/mol. The van der Waals surface area contributed by atoms with Crippen molar-refractivity contribution in [2.24, 2.45) is 0 Å². The molecule has 0 rings (SSSR count). The molecule has 152 valence electrons. The predicted molar refractivity (Wildman–Crippen MR) is 108 cm³/mol. The molecule has 0 aliphatic rings. The van der Waals surface area contributed by atoms with Crippen LogP contribution in [0.5, 0.6) is 0 Å². The first kappa shape index (κ1) is 26.6. The van der Waals surface area contributed by atoms with E-state index in [0.717, 1.165) is 38.9 Å². The first-order valence-electron chi connectivity index (χ1n) is 10.7. The number of carbonyl (C=O) groups is 1. The van der Waals surface area contributed by atoms with E-state index in [0.29, 0.717) is 13.0 Å². The van der Waals surface area contributed by atoms with Crippen molar-refractivity contribution in [2.75, 3.05) is 26.2 Å². The number of carboxylic acid groups (broad SMARTS) is 1. The third kappa shape index (κ3) is 25.7. The summed E-state index contributed by atoms with van der Waals surface area (Å²) in [6, 6.07) is 0. The smallest absolute Gasteiger partial charge is 0.303 e. The van der Waals surface area contributed by atoms with Gasteiger partial charge in [-0.2, -0.15) is 0 Å². The zero-order valence-corrected chi connectivity index (χ0v) is 17.3. The number of aliphatic hydroxyl groups excluding tert-OH is 1. The number of hydrogen-bond donors (Lipinski definition) is 2. The Morgan fingerprint density at radius 3 is 1.52 bits per heavy atom. The molecule has 0 aromatic heterocycles. The Morgan fingerprint density at radius 2 is 1.16 bits per heavy atom. The Labute approximate surface area is 157 Å². The molecule has 0 bridgehead atoms. The molecule has 0 saturated heterocycles. The third-order valence-electron chi connectivity index (χ3n) is 4.52. The molecular formula is C21H45NO3. The van der Waals surface area contributed by atoms with Gasteiger partial charge in [0.1, 0.15) is 0 Å². The fraction of sp³-hybridized carbons (Fsp3) is 0.952. The van der Waals surface area contributed by atoms with Crippen LogP contribution >= 0.6 is 0 Å². The molecule has 2 N–H and O–H groups in total. The van der Waals surface area contributed by atoms with E-state index in [-0.39, 0.29) is 0 Å². The minimum atomic E-state index is -0.657. The van der Waals surface area contributed by atoms with E-state index in [2.05, 4.69) is 25.7 Å². The minimum absolute atomic E-state index is 0.316. The maximum atomic E-state index is 10.3. The van der Waals surface area contributed by atoms with Gasteiger partial charge in [-0.25, -0.2) is 0 Å². The van der Waals surface area contributed by atoms with E-state index in [1.807, 2.05) is 0 Å². The molecule has 0 aliphatic carbocycles. The molecule has 4 heteroatoms. The number of unbranched alkanes of at least 4 members (excludes halogenated alkanes) is 10. The van der Waals surface area contributed by atoms with Gasteiger partial charge in [0.15, 0.2) is 0 Å². The average Bonchev–Trinajstić information content (AvgIpc) is 2.61. The van der Waals surface area contributed by atoms with Crippen molar-refractivity contribution < 1.29 is 15.0 Å². The van der Waals surface area contributed by atoms with Crippen LogP contribution in [0.1, 0.15) is 104 Å². The number of carboxylic acids is 1. The summed E-state index contributed by atoms with van der Waals surface area (Å²) in [5, 5.41) is 16.9. The van der Waals surface area contributed by atoms with Crippen LogP contribution in [0.2, 0.25) is 0 Å². The van der Waals surface area contributed by atoms with E-state index in [1.165, 1.54) is 57.8 Å². The van der Waals surface area contributed by atoms with Gasteiger partial charge >= 0.3 is 5.97 Å². The van der Waals surface area contributed by atoms with Crippen molar-refractivity contribution in [1.82, 2.24) is 4.90 Å². The number of aliphatic hydroxyl groups is 1. The van der Waals surface area contributed by atoms with E-state index in [9.17, 15) is 4.79 Å². The largest absolute Gasteiger partial charge is 0.481 e. The summed E-state index contributed by atoms with van der Waals surface area (Å²) in [5.74, 6) is -0.657. The maximum absolute atomic E-state index is 10.3. The van der Waals surface area contributed by atoms with Gasteiger partial charge in [0.2, 0.25) is 0 Å². The standard InChI is InChI=1S/C14H28O2.C7H17NO/c1-2-3-4-5-6-7-8-9-10-11-12-13-14(15)16;1-3-8(4-2)6-5-7-9/h2-13H2,1H3,(H,15,16);9H,3-7H2,1-2H3. The summed E-state index contributed by atoms with van der Waals surface area (Å²) < 4.78 is 0. The second-order valence-electron chi connectivity index (χ2n) is 6.78. The number of aliphatic carboxylic acids is 1. The van der Waals surface area contributed by atoms with Crippen LogP contribution in [0.25, 0.3) is 0 Å². The minimum Gasteiger partial charge on any atom is -0.481 e. The summed E-state index contributed by atoms with van der Waals surface area (Å²) in [6.45, 7) is 10.1. The SMILES string of the molecule is CCCCCCCCCCCCCC(=O)O.CCN(CC)CCCO. The highest BCUT2D eigenvalue weighted by Gasteiger charge is 1.97. The summed E-state index contributed by atoms with van der Waals surface area (Å²) in [5.41, 5.74) is 0. The van der Waals surface area contributed by atoms with Crippen LogP contribution in [0.3, 0.4) is 0 Å². The molecule has 0 radical (unpaired) electrons. The third-order valence-corrected chi connectivity index (χ3v) is 4.52. The van der Waals surface area contributed by atoms with Crippen LogP contribution in [0.15, 0.2) is 0 Å². The predicted octanol–water partition coefficient (Wildman–Crippen LogP) is 5.48. The van der Waals surface area contributed by atoms with Crippen molar-refractivity contribution in [3.63, 3.8) is 0 Å². The van der Waals surface area contributed by atoms with Crippen molar-refractivity contribution in [3.8, 4) is 0 Å². The van der Waals surface area contributed by atoms with Gasteiger partial charge in [-0.1, -0.05) is 85.0 Å². The summed E-state index contributed by atoms with van der Waals surface area (Å²) >= 11 is 0. The average molecular weight is 360 g/mol. The van der Waals surface area contributed by atoms with Crippen molar-refractivity contribution in [3.05, 3.63) is 0 Å². The Kier molecular flexibility index (Phi) is 24.9. The van der Waals surface area contributed by atoms with Gasteiger partial charge in [0, 0.05) is 19.6 Å². The molecule has 0 atom stereocenters. The molecule has 25 heavy (non-hydrogen) atoms. The molecule has 4 nitrogen and oxygen atoms in total.